The molecule has 0 bridgehead atoms. The van der Waals surface area contributed by atoms with Gasteiger partial charge in [0, 0.05) is 26.1 Å². The Kier molecular flexibility index (Phi) is 7.38. The minimum absolute atomic E-state index is 0.106. The minimum Gasteiger partial charge on any atom is -0.497 e. The van der Waals surface area contributed by atoms with Gasteiger partial charge in [0.1, 0.15) is 5.75 Å². The van der Waals surface area contributed by atoms with Crippen LogP contribution in [0.5, 0.6) is 5.75 Å². The zero-order valence-electron chi connectivity index (χ0n) is 15.9. The van der Waals surface area contributed by atoms with Crippen molar-refractivity contribution in [3.05, 3.63) is 65.2 Å². The molecule has 0 atom stereocenters. The highest BCUT2D eigenvalue weighted by Crippen LogP contribution is 2.12. The molecule has 27 heavy (non-hydrogen) atoms. The molecule has 0 radical (unpaired) electrons. The predicted octanol–water partition coefficient (Wildman–Crippen LogP) is 2.47. The van der Waals surface area contributed by atoms with Crippen LogP contribution in [0.2, 0.25) is 0 Å². The van der Waals surface area contributed by atoms with E-state index < -0.39 is 10.0 Å². The number of amides is 1. The van der Waals surface area contributed by atoms with E-state index in [2.05, 4.69) is 5.32 Å². The lowest BCUT2D eigenvalue weighted by molar-refractivity contribution is -0.121. The molecule has 1 amide bonds. The van der Waals surface area contributed by atoms with E-state index in [4.69, 9.17) is 4.74 Å². The molecule has 2 rings (SSSR count). The van der Waals surface area contributed by atoms with Gasteiger partial charge in [-0.15, -0.1) is 0 Å². The van der Waals surface area contributed by atoms with E-state index in [9.17, 15) is 13.2 Å². The summed E-state index contributed by atoms with van der Waals surface area (Å²) in [5, 5.41) is 2.81. The molecule has 2 aromatic carbocycles. The topological polar surface area (TPSA) is 75.7 Å². The Balaban J connectivity index is 1.88. The van der Waals surface area contributed by atoms with Crippen LogP contribution in [-0.2, 0) is 27.9 Å². The molecule has 1 N–H and O–H groups in total. The second-order valence-electron chi connectivity index (χ2n) is 6.46. The lowest BCUT2D eigenvalue weighted by atomic mass is 10.1. The van der Waals surface area contributed by atoms with Crippen molar-refractivity contribution in [2.45, 2.75) is 26.4 Å². The van der Waals surface area contributed by atoms with Crippen LogP contribution in [0.1, 0.15) is 23.1 Å². The Labute approximate surface area is 161 Å². The number of ether oxygens (including phenoxy) is 1. The third-order valence-electron chi connectivity index (χ3n) is 4.15. The highest BCUT2D eigenvalue weighted by atomic mass is 32.2. The number of hydrogen-bond acceptors (Lipinski definition) is 4. The number of aryl methyl sites for hydroxylation is 1. The van der Waals surface area contributed by atoms with Gasteiger partial charge in [0.05, 0.1) is 13.4 Å². The van der Waals surface area contributed by atoms with Gasteiger partial charge < -0.3 is 10.1 Å². The highest BCUT2D eigenvalue weighted by Gasteiger charge is 2.18. The number of nitrogens with zero attached hydrogens (tertiary/aromatic N) is 1. The fourth-order valence-electron chi connectivity index (χ4n) is 2.63. The summed E-state index contributed by atoms with van der Waals surface area (Å²) < 4.78 is 30.5. The van der Waals surface area contributed by atoms with E-state index in [-0.39, 0.29) is 25.4 Å². The van der Waals surface area contributed by atoms with Gasteiger partial charge in [-0.05, 0) is 30.2 Å². The molecule has 0 spiro atoms. The van der Waals surface area contributed by atoms with Crippen molar-refractivity contribution in [2.24, 2.45) is 0 Å². The van der Waals surface area contributed by atoms with E-state index in [0.717, 1.165) is 28.7 Å². The zero-order chi connectivity index (χ0) is 19.9. The average molecular weight is 391 g/mol. The monoisotopic (exact) mass is 390 g/mol. The van der Waals surface area contributed by atoms with E-state index in [1.165, 1.54) is 4.31 Å². The third kappa shape index (κ3) is 7.03. The third-order valence-corrected chi connectivity index (χ3v) is 5.40. The van der Waals surface area contributed by atoms with Gasteiger partial charge in [-0.25, -0.2) is 8.42 Å². The SMILES string of the molecule is COc1ccc(CNC(=O)CCN(Cc2cccc(C)c2)S(C)(=O)=O)cc1. The smallest absolute Gasteiger partial charge is 0.221 e. The van der Waals surface area contributed by atoms with Crippen molar-refractivity contribution >= 4 is 15.9 Å². The van der Waals surface area contributed by atoms with Gasteiger partial charge >= 0.3 is 0 Å². The fourth-order valence-corrected chi connectivity index (χ4v) is 3.44. The van der Waals surface area contributed by atoms with Crippen molar-refractivity contribution in [1.82, 2.24) is 9.62 Å². The van der Waals surface area contributed by atoms with Crippen molar-refractivity contribution in [1.29, 1.82) is 0 Å². The van der Waals surface area contributed by atoms with Crippen LogP contribution in [0, 0.1) is 6.92 Å². The maximum atomic E-state index is 12.1. The minimum atomic E-state index is -3.41. The summed E-state index contributed by atoms with van der Waals surface area (Å²) in [4.78, 5) is 12.1. The molecule has 0 saturated carbocycles. The Morgan fingerprint density at radius 1 is 1.11 bits per heavy atom. The van der Waals surface area contributed by atoms with E-state index in [1.54, 1.807) is 7.11 Å². The molecule has 7 heteroatoms. The summed E-state index contributed by atoms with van der Waals surface area (Å²) in [5.74, 6) is 0.564. The van der Waals surface area contributed by atoms with Crippen LogP contribution in [0.3, 0.4) is 0 Å². The number of carbonyl (C=O) groups excluding carboxylic acids is 1. The summed E-state index contributed by atoms with van der Waals surface area (Å²) in [7, 11) is -1.81. The summed E-state index contributed by atoms with van der Waals surface area (Å²) in [6.07, 6.45) is 1.27. The summed E-state index contributed by atoms with van der Waals surface area (Å²) in [6.45, 7) is 2.74. The first kappa shape index (κ1) is 20.9. The lowest BCUT2D eigenvalue weighted by Gasteiger charge is -2.20. The first-order valence-corrected chi connectivity index (χ1v) is 10.5. The number of hydrogen-bond donors (Lipinski definition) is 1. The molecule has 0 fully saturated rings. The lowest BCUT2D eigenvalue weighted by Crippen LogP contribution is -2.34. The van der Waals surface area contributed by atoms with Crippen LogP contribution in [0.25, 0.3) is 0 Å². The Bertz CT molecular complexity index is 864. The number of sulfonamides is 1. The molecule has 146 valence electrons. The van der Waals surface area contributed by atoms with Crippen LogP contribution in [-0.4, -0.2) is 38.5 Å². The first-order valence-electron chi connectivity index (χ1n) is 8.68. The molecule has 0 saturated heterocycles. The number of rotatable bonds is 9. The maximum absolute atomic E-state index is 12.1. The van der Waals surface area contributed by atoms with Crippen LogP contribution < -0.4 is 10.1 Å². The molecule has 0 aliphatic rings. The number of methoxy groups -OCH3 is 1. The molecule has 0 heterocycles. The normalized spacial score (nSPS) is 11.4. The van der Waals surface area contributed by atoms with Crippen LogP contribution in [0.4, 0.5) is 0 Å². The number of carbonyl (C=O) groups is 1. The molecular formula is C20H26N2O4S. The van der Waals surface area contributed by atoms with Gasteiger partial charge in [0.15, 0.2) is 0 Å². The number of nitrogens with one attached hydrogen (secondary N) is 1. The molecule has 0 unspecified atom stereocenters. The van der Waals surface area contributed by atoms with Crippen LogP contribution in [0.15, 0.2) is 48.5 Å². The second-order valence-corrected chi connectivity index (χ2v) is 8.44. The van der Waals surface area contributed by atoms with Gasteiger partial charge in [-0.2, -0.15) is 4.31 Å². The van der Waals surface area contributed by atoms with Crippen molar-refractivity contribution in [2.75, 3.05) is 19.9 Å². The zero-order valence-corrected chi connectivity index (χ0v) is 16.8. The predicted molar refractivity (Wildman–Crippen MR) is 106 cm³/mol. The molecule has 0 aliphatic heterocycles. The van der Waals surface area contributed by atoms with Gasteiger partial charge in [-0.3, -0.25) is 4.79 Å². The summed E-state index contributed by atoms with van der Waals surface area (Å²) >= 11 is 0. The van der Waals surface area contributed by atoms with Gasteiger partial charge in [-0.1, -0.05) is 42.0 Å². The molecule has 6 nitrogen and oxygen atoms in total. The maximum Gasteiger partial charge on any atom is 0.221 e. The van der Waals surface area contributed by atoms with Crippen LogP contribution >= 0.6 is 0 Å². The first-order chi connectivity index (χ1) is 12.8. The Hall–Kier alpha value is -2.38. The molecule has 0 aliphatic carbocycles. The van der Waals surface area contributed by atoms with Crippen molar-refractivity contribution in [3.63, 3.8) is 0 Å². The number of benzene rings is 2. The van der Waals surface area contributed by atoms with Crippen molar-refractivity contribution in [3.8, 4) is 5.75 Å². The second kappa shape index (κ2) is 9.53. The van der Waals surface area contributed by atoms with E-state index in [1.807, 2.05) is 55.5 Å². The summed E-state index contributed by atoms with van der Waals surface area (Å²) in [6, 6.07) is 15.1. The fraction of sp³-hybridized carbons (Fsp3) is 0.350. The summed E-state index contributed by atoms with van der Waals surface area (Å²) in [5.41, 5.74) is 2.92. The van der Waals surface area contributed by atoms with E-state index in [0.29, 0.717) is 6.54 Å². The Morgan fingerprint density at radius 2 is 1.81 bits per heavy atom. The average Bonchev–Trinajstić information content (AvgIpc) is 2.63. The van der Waals surface area contributed by atoms with Gasteiger partial charge in [0.2, 0.25) is 15.9 Å². The molecule has 2 aromatic rings. The van der Waals surface area contributed by atoms with Gasteiger partial charge in [0.25, 0.3) is 0 Å². The molecular weight excluding hydrogens is 364 g/mol. The molecule has 0 aromatic heterocycles. The van der Waals surface area contributed by atoms with E-state index >= 15 is 0 Å². The Morgan fingerprint density at radius 3 is 2.41 bits per heavy atom. The quantitative estimate of drug-likeness (QED) is 0.714. The standard InChI is InChI=1S/C20H26N2O4S/c1-16-5-4-6-18(13-16)15-22(27(3,24)25)12-11-20(23)21-14-17-7-9-19(26-2)10-8-17/h4-10,13H,11-12,14-15H2,1-3H3,(H,21,23). The highest BCUT2D eigenvalue weighted by molar-refractivity contribution is 7.88. The van der Waals surface area contributed by atoms with Crippen molar-refractivity contribution < 1.29 is 17.9 Å². The largest absolute Gasteiger partial charge is 0.497 e.